The van der Waals surface area contributed by atoms with Crippen molar-refractivity contribution in [1.29, 1.82) is 0 Å². The Morgan fingerprint density at radius 2 is 1.50 bits per heavy atom. The summed E-state index contributed by atoms with van der Waals surface area (Å²) in [5, 5.41) is 16.8. The van der Waals surface area contributed by atoms with E-state index in [9.17, 15) is 14.9 Å². The van der Waals surface area contributed by atoms with E-state index in [1.165, 1.54) is 39.7 Å². The van der Waals surface area contributed by atoms with Crippen LogP contribution in [0.3, 0.4) is 0 Å². The first-order valence-corrected chi connectivity index (χ1v) is 10.9. The molecule has 5 rings (SSSR count). The van der Waals surface area contributed by atoms with Crippen molar-refractivity contribution in [3.05, 3.63) is 108 Å². The predicted octanol–water partition coefficient (Wildman–Crippen LogP) is 6.11. The van der Waals surface area contributed by atoms with Crippen molar-refractivity contribution in [2.45, 2.75) is 0 Å². The molecule has 0 radical (unpaired) electrons. The molecule has 0 fully saturated rings. The third-order valence-corrected chi connectivity index (χ3v) is 5.96. The molecule has 0 aliphatic rings. The van der Waals surface area contributed by atoms with Crippen LogP contribution in [0.1, 0.15) is 0 Å². The van der Waals surface area contributed by atoms with Crippen LogP contribution in [0.15, 0.2) is 77.7 Å². The van der Waals surface area contributed by atoms with Crippen LogP contribution < -0.4 is 5.56 Å². The number of benzene rings is 3. The van der Waals surface area contributed by atoms with Gasteiger partial charge in [-0.15, -0.1) is 0 Å². The zero-order chi connectivity index (χ0) is 24.0. The fourth-order valence-electron chi connectivity index (χ4n) is 3.55. The number of nitro groups is 1. The Hall–Kier alpha value is -3.72. The second-order valence-electron chi connectivity index (χ2n) is 7.24. The fourth-order valence-corrected chi connectivity index (χ4v) is 4.17. The maximum absolute atomic E-state index is 13.7. The maximum atomic E-state index is 13.7. The molecule has 168 valence electrons. The van der Waals surface area contributed by atoms with E-state index >= 15 is 0 Å². The Morgan fingerprint density at radius 3 is 2.15 bits per heavy atom. The van der Waals surface area contributed by atoms with Crippen molar-refractivity contribution < 1.29 is 4.92 Å². The van der Waals surface area contributed by atoms with E-state index in [0.717, 1.165) is 0 Å². The summed E-state index contributed by atoms with van der Waals surface area (Å²) in [6.07, 6.45) is 1.41. The molecule has 0 unspecified atom stereocenters. The normalized spacial score (nSPS) is 11.1. The minimum atomic E-state index is -0.491. The first-order valence-electron chi connectivity index (χ1n) is 9.80. The van der Waals surface area contributed by atoms with Gasteiger partial charge in [-0.25, -0.2) is 9.67 Å². The van der Waals surface area contributed by atoms with E-state index in [1.807, 2.05) is 0 Å². The van der Waals surface area contributed by atoms with Crippen LogP contribution in [0.4, 0.5) is 5.69 Å². The van der Waals surface area contributed by atoms with E-state index in [2.05, 4.69) is 5.10 Å². The Kier molecular flexibility index (Phi) is 5.57. The Bertz CT molecular complexity index is 1630. The van der Waals surface area contributed by atoms with Crippen molar-refractivity contribution in [1.82, 2.24) is 19.3 Å². The lowest BCUT2D eigenvalue weighted by Crippen LogP contribution is -2.22. The highest BCUT2D eigenvalue weighted by Crippen LogP contribution is 2.31. The Labute approximate surface area is 206 Å². The smallest absolute Gasteiger partial charge is 0.268 e. The zero-order valence-corrected chi connectivity index (χ0v) is 19.3. The quantitative estimate of drug-likeness (QED) is 0.214. The van der Waals surface area contributed by atoms with Gasteiger partial charge in [0, 0.05) is 27.7 Å². The molecular weight excluding hydrogens is 501 g/mol. The van der Waals surface area contributed by atoms with Gasteiger partial charge in [-0.3, -0.25) is 19.5 Å². The van der Waals surface area contributed by atoms with Gasteiger partial charge in [0.2, 0.25) is 0 Å². The van der Waals surface area contributed by atoms with Crippen LogP contribution in [0.25, 0.3) is 33.8 Å². The number of hydrogen-bond donors (Lipinski definition) is 0. The summed E-state index contributed by atoms with van der Waals surface area (Å²) in [6.45, 7) is 0. The molecule has 0 aliphatic carbocycles. The van der Waals surface area contributed by atoms with Crippen LogP contribution in [0, 0.1) is 10.1 Å². The lowest BCUT2D eigenvalue weighted by atomic mass is 10.2. The summed E-state index contributed by atoms with van der Waals surface area (Å²) in [4.78, 5) is 28.9. The Balaban J connectivity index is 1.81. The second kappa shape index (κ2) is 8.57. The summed E-state index contributed by atoms with van der Waals surface area (Å²) in [6, 6.07) is 17.4. The lowest BCUT2D eigenvalue weighted by Gasteiger charge is -2.14. The summed E-state index contributed by atoms with van der Waals surface area (Å²) >= 11 is 18.6. The summed E-state index contributed by atoms with van der Waals surface area (Å²) in [5.74, 6) is 0.269. The molecule has 0 spiro atoms. The van der Waals surface area contributed by atoms with Gasteiger partial charge in [0.25, 0.3) is 11.2 Å². The molecule has 0 saturated carbocycles. The molecule has 8 nitrogen and oxygen atoms in total. The average molecular weight is 513 g/mol. The number of fused-ring (bicyclic) bond motifs is 1. The highest BCUT2D eigenvalue weighted by Gasteiger charge is 2.20. The highest BCUT2D eigenvalue weighted by molar-refractivity contribution is 6.36. The molecule has 2 aromatic heterocycles. The highest BCUT2D eigenvalue weighted by atomic mass is 35.5. The fraction of sp³-hybridized carbons (Fsp3) is 0. The topological polar surface area (TPSA) is 95.8 Å². The number of aromatic nitrogens is 4. The minimum absolute atomic E-state index is 0.0631. The monoisotopic (exact) mass is 511 g/mol. The maximum Gasteiger partial charge on any atom is 0.269 e. The van der Waals surface area contributed by atoms with Gasteiger partial charge in [0.05, 0.1) is 27.5 Å². The number of halogens is 3. The van der Waals surface area contributed by atoms with E-state index < -0.39 is 4.92 Å². The summed E-state index contributed by atoms with van der Waals surface area (Å²) < 4.78 is 2.87. The first-order chi connectivity index (χ1) is 16.3. The van der Waals surface area contributed by atoms with Gasteiger partial charge >= 0.3 is 0 Å². The molecule has 3 aromatic carbocycles. The number of non-ortho nitro benzene ring substituents is 1. The van der Waals surface area contributed by atoms with Gasteiger partial charge in [0.15, 0.2) is 11.5 Å². The third kappa shape index (κ3) is 3.81. The number of hydrogen-bond acceptors (Lipinski definition) is 5. The van der Waals surface area contributed by atoms with Crippen molar-refractivity contribution in [3.63, 3.8) is 0 Å². The Morgan fingerprint density at radius 1 is 0.853 bits per heavy atom. The van der Waals surface area contributed by atoms with Crippen molar-refractivity contribution in [2.24, 2.45) is 0 Å². The van der Waals surface area contributed by atoms with Crippen molar-refractivity contribution in [3.8, 4) is 22.8 Å². The van der Waals surface area contributed by atoms with E-state index in [0.29, 0.717) is 32.0 Å². The third-order valence-electron chi connectivity index (χ3n) is 5.16. The standard InChI is InChI=1S/C23H12Cl3N5O3/c24-13-1-4-15(5-2-13)29-21(18-10-3-14(25)11-20(18)26)28-22-19(23(29)32)12-27-30(22)16-6-8-17(9-7-16)31(33)34/h1-12H. The van der Waals surface area contributed by atoms with Gasteiger partial charge in [-0.2, -0.15) is 5.10 Å². The van der Waals surface area contributed by atoms with Gasteiger partial charge < -0.3 is 0 Å². The van der Waals surface area contributed by atoms with Gasteiger partial charge in [-0.05, 0) is 54.6 Å². The van der Waals surface area contributed by atoms with Crippen molar-refractivity contribution in [2.75, 3.05) is 0 Å². The second-order valence-corrected chi connectivity index (χ2v) is 8.52. The molecule has 0 N–H and O–H groups in total. The summed E-state index contributed by atoms with van der Waals surface area (Å²) in [7, 11) is 0. The SMILES string of the molecule is O=c1c2cnn(-c3ccc([N+](=O)[O-])cc3)c2nc(-c2ccc(Cl)cc2Cl)n1-c1ccc(Cl)cc1. The molecule has 34 heavy (non-hydrogen) atoms. The van der Waals surface area contributed by atoms with Crippen LogP contribution in [0.2, 0.25) is 15.1 Å². The van der Waals surface area contributed by atoms with Crippen LogP contribution in [0.5, 0.6) is 0 Å². The molecule has 0 aliphatic heterocycles. The molecule has 2 heterocycles. The molecule has 0 atom stereocenters. The van der Waals surface area contributed by atoms with Crippen molar-refractivity contribution >= 4 is 51.5 Å². The molecule has 11 heteroatoms. The van der Waals surface area contributed by atoms with Crippen LogP contribution in [-0.2, 0) is 0 Å². The molecule has 5 aromatic rings. The van der Waals surface area contributed by atoms with E-state index in [-0.39, 0.29) is 28.1 Å². The molecule has 0 amide bonds. The number of nitro benzene ring substituents is 1. The van der Waals surface area contributed by atoms with Crippen LogP contribution in [-0.4, -0.2) is 24.3 Å². The van der Waals surface area contributed by atoms with Crippen LogP contribution >= 0.6 is 34.8 Å². The molecule has 0 bridgehead atoms. The number of rotatable bonds is 4. The first kappa shape index (κ1) is 22.1. The minimum Gasteiger partial charge on any atom is -0.268 e. The predicted molar refractivity (Wildman–Crippen MR) is 132 cm³/mol. The van der Waals surface area contributed by atoms with E-state index in [1.54, 1.807) is 42.5 Å². The summed E-state index contributed by atoms with van der Waals surface area (Å²) in [5.41, 5.74) is 1.35. The van der Waals surface area contributed by atoms with E-state index in [4.69, 9.17) is 39.8 Å². The zero-order valence-electron chi connectivity index (χ0n) is 17.0. The largest absolute Gasteiger partial charge is 0.269 e. The van der Waals surface area contributed by atoms with Gasteiger partial charge in [-0.1, -0.05) is 34.8 Å². The lowest BCUT2D eigenvalue weighted by molar-refractivity contribution is -0.384. The molecule has 0 saturated heterocycles. The molecular formula is C23H12Cl3N5O3. The van der Waals surface area contributed by atoms with Gasteiger partial charge in [0.1, 0.15) is 5.39 Å². The average Bonchev–Trinajstić information content (AvgIpc) is 3.24. The number of nitrogens with zero attached hydrogens (tertiary/aromatic N) is 5.